The van der Waals surface area contributed by atoms with E-state index in [1.54, 1.807) is 18.2 Å². The minimum atomic E-state index is -0.668. The molecule has 0 radical (unpaired) electrons. The van der Waals surface area contributed by atoms with Crippen molar-refractivity contribution in [1.29, 1.82) is 0 Å². The third-order valence-corrected chi connectivity index (χ3v) is 5.30. The Bertz CT molecular complexity index is 936. The van der Waals surface area contributed by atoms with Crippen LogP contribution in [0.25, 0.3) is 0 Å². The van der Waals surface area contributed by atoms with E-state index in [1.165, 1.54) is 0 Å². The highest BCUT2D eigenvalue weighted by Gasteiger charge is 2.19. The van der Waals surface area contributed by atoms with Crippen LogP contribution in [-0.4, -0.2) is 30.6 Å². The molecule has 7 heteroatoms. The van der Waals surface area contributed by atoms with Crippen molar-refractivity contribution < 1.29 is 19.1 Å². The van der Waals surface area contributed by atoms with Crippen LogP contribution < -0.4 is 16.0 Å². The van der Waals surface area contributed by atoms with Gasteiger partial charge in [0.15, 0.2) is 6.61 Å². The molecule has 7 nitrogen and oxygen atoms in total. The first-order valence-corrected chi connectivity index (χ1v) is 10.1. The van der Waals surface area contributed by atoms with Crippen LogP contribution in [0.5, 0.6) is 0 Å². The number of carbonyl (C=O) groups excluding carboxylic acids is 3. The fraction of sp³-hybridized carbons (Fsp3) is 0.348. The number of ether oxygens (including phenoxy) is 1. The van der Waals surface area contributed by atoms with Gasteiger partial charge in [0.05, 0.1) is 11.3 Å². The summed E-state index contributed by atoms with van der Waals surface area (Å²) in [6.45, 7) is 3.48. The molecule has 0 heterocycles. The van der Waals surface area contributed by atoms with E-state index in [9.17, 15) is 14.4 Å². The molecule has 2 aromatic carbocycles. The fourth-order valence-corrected chi connectivity index (χ4v) is 3.46. The Balaban J connectivity index is 1.57. The lowest BCUT2D eigenvalue weighted by Crippen LogP contribution is -2.45. The highest BCUT2D eigenvalue weighted by atomic mass is 16.5. The molecule has 1 saturated carbocycles. The lowest BCUT2D eigenvalue weighted by atomic mass is 10.1. The number of rotatable bonds is 6. The first kappa shape index (κ1) is 21.4. The van der Waals surface area contributed by atoms with E-state index < -0.39 is 24.5 Å². The number of carbonyl (C=O) groups is 3. The molecule has 0 aliphatic heterocycles. The lowest BCUT2D eigenvalue weighted by Gasteiger charge is -2.15. The molecule has 30 heavy (non-hydrogen) atoms. The van der Waals surface area contributed by atoms with Crippen molar-refractivity contribution in [3.63, 3.8) is 0 Å². The van der Waals surface area contributed by atoms with Crippen LogP contribution in [-0.2, 0) is 9.53 Å². The van der Waals surface area contributed by atoms with E-state index in [0.29, 0.717) is 11.3 Å². The SMILES string of the molecule is Cc1cccc(Nc2ccccc2C(=O)OCC(=O)NC(=O)NC2CCCC2)c1C. The predicted molar refractivity (Wildman–Crippen MR) is 115 cm³/mol. The first-order valence-electron chi connectivity index (χ1n) is 10.1. The van der Waals surface area contributed by atoms with E-state index in [2.05, 4.69) is 16.0 Å². The van der Waals surface area contributed by atoms with Gasteiger partial charge in [0.25, 0.3) is 5.91 Å². The molecule has 3 amide bonds. The van der Waals surface area contributed by atoms with Crippen molar-refractivity contribution in [2.75, 3.05) is 11.9 Å². The van der Waals surface area contributed by atoms with Crippen molar-refractivity contribution in [3.05, 3.63) is 59.2 Å². The molecule has 0 bridgehead atoms. The van der Waals surface area contributed by atoms with Gasteiger partial charge in [0, 0.05) is 11.7 Å². The van der Waals surface area contributed by atoms with Crippen LogP contribution in [0, 0.1) is 13.8 Å². The van der Waals surface area contributed by atoms with Gasteiger partial charge < -0.3 is 15.4 Å². The van der Waals surface area contributed by atoms with Crippen LogP contribution in [0.1, 0.15) is 47.2 Å². The highest BCUT2D eigenvalue weighted by Crippen LogP contribution is 2.25. The molecule has 0 atom stereocenters. The Morgan fingerprint density at radius 2 is 1.67 bits per heavy atom. The number of benzene rings is 2. The third kappa shape index (κ3) is 5.59. The van der Waals surface area contributed by atoms with Gasteiger partial charge in [-0.2, -0.15) is 0 Å². The maximum Gasteiger partial charge on any atom is 0.340 e. The smallest absolute Gasteiger partial charge is 0.340 e. The summed E-state index contributed by atoms with van der Waals surface area (Å²) in [7, 11) is 0. The summed E-state index contributed by atoms with van der Waals surface area (Å²) in [6.07, 6.45) is 3.99. The number of amides is 3. The molecule has 0 unspecified atom stereocenters. The summed E-state index contributed by atoms with van der Waals surface area (Å²) in [6, 6.07) is 12.4. The number of para-hydroxylation sites is 1. The Kier molecular flexibility index (Phi) is 7.06. The van der Waals surface area contributed by atoms with Crippen LogP contribution in [0.2, 0.25) is 0 Å². The van der Waals surface area contributed by atoms with Gasteiger partial charge in [0.2, 0.25) is 0 Å². The van der Waals surface area contributed by atoms with Crippen molar-refractivity contribution in [2.24, 2.45) is 0 Å². The molecule has 1 fully saturated rings. The largest absolute Gasteiger partial charge is 0.452 e. The Morgan fingerprint density at radius 1 is 0.967 bits per heavy atom. The monoisotopic (exact) mass is 409 g/mol. The topological polar surface area (TPSA) is 96.5 Å². The highest BCUT2D eigenvalue weighted by molar-refractivity contribution is 5.99. The second-order valence-electron chi connectivity index (χ2n) is 7.50. The Labute approximate surface area is 176 Å². The van der Waals surface area contributed by atoms with Gasteiger partial charge in [-0.05, 0) is 56.0 Å². The van der Waals surface area contributed by atoms with E-state index >= 15 is 0 Å². The summed E-state index contributed by atoms with van der Waals surface area (Å²) < 4.78 is 5.12. The van der Waals surface area contributed by atoms with Gasteiger partial charge in [-0.1, -0.05) is 37.1 Å². The number of esters is 1. The summed E-state index contributed by atoms with van der Waals surface area (Å²) in [5, 5.41) is 8.21. The van der Waals surface area contributed by atoms with Gasteiger partial charge in [-0.3, -0.25) is 10.1 Å². The average molecular weight is 409 g/mol. The molecule has 1 aliphatic rings. The lowest BCUT2D eigenvalue weighted by molar-refractivity contribution is -0.123. The summed E-state index contributed by atoms with van der Waals surface area (Å²) in [5.41, 5.74) is 3.98. The van der Waals surface area contributed by atoms with Crippen LogP contribution in [0.4, 0.5) is 16.2 Å². The zero-order valence-electron chi connectivity index (χ0n) is 17.3. The number of anilines is 2. The van der Waals surface area contributed by atoms with Crippen molar-refractivity contribution in [3.8, 4) is 0 Å². The standard InChI is InChI=1S/C23H27N3O4/c1-15-8-7-13-19(16(15)2)25-20-12-6-5-11-18(20)22(28)30-14-21(27)26-23(29)24-17-9-3-4-10-17/h5-8,11-13,17,25H,3-4,9-10,14H2,1-2H3,(H2,24,26,27,29). The molecule has 0 saturated heterocycles. The Morgan fingerprint density at radius 3 is 2.43 bits per heavy atom. The molecule has 1 aliphatic carbocycles. The molecular formula is C23H27N3O4. The molecule has 0 aromatic heterocycles. The van der Waals surface area contributed by atoms with E-state index in [0.717, 1.165) is 42.5 Å². The minimum absolute atomic E-state index is 0.100. The molecule has 3 rings (SSSR count). The van der Waals surface area contributed by atoms with Gasteiger partial charge >= 0.3 is 12.0 Å². The van der Waals surface area contributed by atoms with Crippen molar-refractivity contribution in [2.45, 2.75) is 45.6 Å². The number of aryl methyl sites for hydroxylation is 1. The summed E-state index contributed by atoms with van der Waals surface area (Å²) in [4.78, 5) is 36.3. The maximum absolute atomic E-state index is 12.5. The predicted octanol–water partition coefficient (Wildman–Crippen LogP) is 3.97. The zero-order chi connectivity index (χ0) is 21.5. The minimum Gasteiger partial charge on any atom is -0.452 e. The number of hydrogen-bond acceptors (Lipinski definition) is 5. The second kappa shape index (κ2) is 9.91. The number of imide groups is 1. The summed E-state index contributed by atoms with van der Waals surface area (Å²) in [5.74, 6) is -1.31. The summed E-state index contributed by atoms with van der Waals surface area (Å²) >= 11 is 0. The number of nitrogens with one attached hydrogen (secondary N) is 3. The molecule has 158 valence electrons. The van der Waals surface area contributed by atoms with Crippen molar-refractivity contribution >= 4 is 29.3 Å². The normalized spacial score (nSPS) is 13.5. The number of hydrogen-bond donors (Lipinski definition) is 3. The quantitative estimate of drug-likeness (QED) is 0.627. The van der Waals surface area contributed by atoms with Crippen LogP contribution in [0.15, 0.2) is 42.5 Å². The molecular weight excluding hydrogens is 382 g/mol. The van der Waals surface area contributed by atoms with Gasteiger partial charge in [-0.25, -0.2) is 9.59 Å². The fourth-order valence-electron chi connectivity index (χ4n) is 3.46. The molecule has 0 spiro atoms. The van der Waals surface area contributed by atoms with Crippen LogP contribution >= 0.6 is 0 Å². The molecule has 2 aromatic rings. The molecule has 3 N–H and O–H groups in total. The number of urea groups is 1. The second-order valence-corrected chi connectivity index (χ2v) is 7.50. The Hall–Kier alpha value is -3.35. The third-order valence-electron chi connectivity index (χ3n) is 5.30. The van der Waals surface area contributed by atoms with Crippen LogP contribution in [0.3, 0.4) is 0 Å². The van der Waals surface area contributed by atoms with E-state index in [1.807, 2.05) is 38.1 Å². The van der Waals surface area contributed by atoms with E-state index in [-0.39, 0.29) is 6.04 Å². The first-order chi connectivity index (χ1) is 14.4. The maximum atomic E-state index is 12.5. The van der Waals surface area contributed by atoms with Gasteiger partial charge in [0.1, 0.15) is 0 Å². The van der Waals surface area contributed by atoms with Crippen molar-refractivity contribution in [1.82, 2.24) is 10.6 Å². The zero-order valence-corrected chi connectivity index (χ0v) is 17.3. The van der Waals surface area contributed by atoms with E-state index in [4.69, 9.17) is 4.74 Å². The average Bonchev–Trinajstić information content (AvgIpc) is 3.23. The van der Waals surface area contributed by atoms with Gasteiger partial charge in [-0.15, -0.1) is 0 Å².